The van der Waals surface area contributed by atoms with Crippen LogP contribution >= 0.6 is 0 Å². The Bertz CT molecular complexity index is 870. The molecule has 0 bridgehead atoms. The molecular weight excluding hydrogens is 369 g/mol. The molecule has 0 spiro atoms. The predicted octanol–water partition coefficient (Wildman–Crippen LogP) is 4.78. The molecule has 28 heavy (non-hydrogen) atoms. The maximum atomic E-state index is 12.7. The summed E-state index contributed by atoms with van der Waals surface area (Å²) in [6.45, 7) is 4.77. The summed E-state index contributed by atoms with van der Waals surface area (Å²) >= 11 is 0. The Morgan fingerprint density at radius 2 is 2.11 bits per heavy atom. The van der Waals surface area contributed by atoms with Gasteiger partial charge in [-0.3, -0.25) is 0 Å². The average molecular weight is 392 g/mol. The van der Waals surface area contributed by atoms with Crippen molar-refractivity contribution in [3.63, 3.8) is 0 Å². The van der Waals surface area contributed by atoms with Crippen molar-refractivity contribution in [2.75, 3.05) is 18.4 Å². The largest absolute Gasteiger partial charge is 0.412 e. The molecule has 0 saturated heterocycles. The van der Waals surface area contributed by atoms with E-state index in [0.29, 0.717) is 18.2 Å². The molecule has 1 aromatic heterocycles. The van der Waals surface area contributed by atoms with Crippen molar-refractivity contribution in [3.8, 4) is 0 Å². The van der Waals surface area contributed by atoms with Crippen molar-refractivity contribution >= 4 is 11.7 Å². The van der Waals surface area contributed by atoms with Crippen molar-refractivity contribution in [1.82, 2.24) is 14.5 Å². The number of nitrogens with one attached hydrogen (secondary N) is 1. The highest BCUT2D eigenvalue weighted by Crippen LogP contribution is 2.30. The number of amides is 2. The second kappa shape index (κ2) is 8.08. The number of benzene rings is 1. The fourth-order valence-electron chi connectivity index (χ4n) is 3.21. The molecule has 2 amide bonds. The standard InChI is InChI=1S/C20H23F3N4O/c1-14(2)18-24-8-11-27(18)13-15-4-3-5-17(12-15)25-19(28)26-9-6-16(7-10-26)20(21,22)23/h3-6,8,11-12,14H,7,9-10,13H2,1-2H3,(H,25,28). The van der Waals surface area contributed by atoms with Gasteiger partial charge >= 0.3 is 12.2 Å². The Labute approximate surface area is 161 Å². The summed E-state index contributed by atoms with van der Waals surface area (Å²) in [5.74, 6) is 1.28. The Kier molecular flexibility index (Phi) is 5.76. The van der Waals surface area contributed by atoms with E-state index in [1.807, 2.05) is 24.4 Å². The first-order valence-corrected chi connectivity index (χ1v) is 9.16. The highest BCUT2D eigenvalue weighted by atomic mass is 19.4. The van der Waals surface area contributed by atoms with Crippen LogP contribution in [0.15, 0.2) is 48.3 Å². The second-order valence-electron chi connectivity index (χ2n) is 7.12. The topological polar surface area (TPSA) is 50.2 Å². The molecular formula is C20H23F3N4O. The molecule has 8 heteroatoms. The van der Waals surface area contributed by atoms with Crippen LogP contribution in [-0.4, -0.2) is 39.7 Å². The number of urea groups is 1. The summed E-state index contributed by atoms with van der Waals surface area (Å²) in [5.41, 5.74) is 1.04. The van der Waals surface area contributed by atoms with Crippen LogP contribution in [0.3, 0.4) is 0 Å². The van der Waals surface area contributed by atoms with Gasteiger partial charge in [0.05, 0.1) is 0 Å². The van der Waals surface area contributed by atoms with Crippen LogP contribution in [-0.2, 0) is 6.54 Å². The third-order valence-corrected chi connectivity index (χ3v) is 4.66. The highest BCUT2D eigenvalue weighted by Gasteiger charge is 2.35. The van der Waals surface area contributed by atoms with Crippen LogP contribution in [0.5, 0.6) is 0 Å². The molecule has 2 aromatic rings. The van der Waals surface area contributed by atoms with Crippen LogP contribution in [0.25, 0.3) is 0 Å². The molecule has 0 atom stereocenters. The van der Waals surface area contributed by atoms with E-state index < -0.39 is 17.8 Å². The normalized spacial score (nSPS) is 14.9. The fraction of sp³-hybridized carbons (Fsp3) is 0.400. The summed E-state index contributed by atoms with van der Waals surface area (Å²) in [5, 5.41) is 2.77. The Morgan fingerprint density at radius 1 is 1.32 bits per heavy atom. The number of hydrogen-bond acceptors (Lipinski definition) is 2. The minimum absolute atomic E-state index is 0.0453. The van der Waals surface area contributed by atoms with Gasteiger partial charge in [-0.15, -0.1) is 0 Å². The molecule has 150 valence electrons. The highest BCUT2D eigenvalue weighted by molar-refractivity contribution is 5.89. The SMILES string of the molecule is CC(C)c1nccn1Cc1cccc(NC(=O)N2CC=C(C(F)(F)F)CC2)c1. The fourth-order valence-corrected chi connectivity index (χ4v) is 3.21. The molecule has 0 fully saturated rings. The van der Waals surface area contributed by atoms with Crippen LogP contribution in [0, 0.1) is 0 Å². The van der Waals surface area contributed by atoms with Crippen LogP contribution in [0.1, 0.15) is 37.6 Å². The Balaban J connectivity index is 1.64. The number of imidazole rings is 1. The van der Waals surface area contributed by atoms with Crippen molar-refractivity contribution in [2.24, 2.45) is 0 Å². The Morgan fingerprint density at radius 3 is 2.75 bits per heavy atom. The predicted molar refractivity (Wildman–Crippen MR) is 101 cm³/mol. The van der Waals surface area contributed by atoms with Gasteiger partial charge < -0.3 is 14.8 Å². The van der Waals surface area contributed by atoms with E-state index in [1.165, 1.54) is 4.90 Å². The van der Waals surface area contributed by atoms with E-state index in [-0.39, 0.29) is 19.5 Å². The quantitative estimate of drug-likeness (QED) is 0.762. The zero-order valence-corrected chi connectivity index (χ0v) is 15.8. The number of hydrogen-bond donors (Lipinski definition) is 1. The lowest BCUT2D eigenvalue weighted by Gasteiger charge is -2.27. The number of carbonyl (C=O) groups excluding carboxylic acids is 1. The number of alkyl halides is 3. The number of nitrogens with zero attached hydrogens (tertiary/aromatic N) is 3. The van der Waals surface area contributed by atoms with Gasteiger partial charge in [0.1, 0.15) is 5.82 Å². The number of anilines is 1. The summed E-state index contributed by atoms with van der Waals surface area (Å²) < 4.78 is 40.2. The third kappa shape index (κ3) is 4.74. The average Bonchev–Trinajstić information content (AvgIpc) is 3.10. The molecule has 0 saturated carbocycles. The van der Waals surface area contributed by atoms with Gasteiger partial charge in [-0.05, 0) is 24.1 Å². The smallest absolute Gasteiger partial charge is 0.330 e. The Hall–Kier alpha value is -2.77. The van der Waals surface area contributed by atoms with Gasteiger partial charge in [0.25, 0.3) is 0 Å². The molecule has 1 aliphatic heterocycles. The maximum Gasteiger partial charge on any atom is 0.412 e. The molecule has 3 rings (SSSR count). The summed E-state index contributed by atoms with van der Waals surface area (Å²) in [6.07, 6.45) is 0.250. The van der Waals surface area contributed by atoms with Crippen LogP contribution in [0.4, 0.5) is 23.7 Å². The van der Waals surface area contributed by atoms with Crippen molar-refractivity contribution in [1.29, 1.82) is 0 Å². The summed E-state index contributed by atoms with van der Waals surface area (Å²) in [6, 6.07) is 7.02. The molecule has 1 aromatic carbocycles. The number of aromatic nitrogens is 2. The summed E-state index contributed by atoms with van der Waals surface area (Å²) in [7, 11) is 0. The molecule has 2 heterocycles. The van der Waals surface area contributed by atoms with Gasteiger partial charge in [-0.2, -0.15) is 13.2 Å². The van der Waals surface area contributed by atoms with E-state index in [4.69, 9.17) is 0 Å². The minimum atomic E-state index is -4.32. The van der Waals surface area contributed by atoms with Gasteiger partial charge in [0.2, 0.25) is 0 Å². The molecule has 1 aliphatic rings. The first kappa shape index (κ1) is 20.0. The van der Waals surface area contributed by atoms with Crippen molar-refractivity contribution in [2.45, 2.75) is 38.9 Å². The van der Waals surface area contributed by atoms with Crippen LogP contribution < -0.4 is 5.32 Å². The lowest BCUT2D eigenvalue weighted by molar-refractivity contribution is -0.0956. The van der Waals surface area contributed by atoms with Gasteiger partial charge in [0.15, 0.2) is 0 Å². The number of rotatable bonds is 4. The van der Waals surface area contributed by atoms with Crippen molar-refractivity contribution in [3.05, 3.63) is 59.7 Å². The minimum Gasteiger partial charge on any atom is -0.330 e. The third-order valence-electron chi connectivity index (χ3n) is 4.66. The second-order valence-corrected chi connectivity index (χ2v) is 7.12. The van der Waals surface area contributed by atoms with E-state index in [9.17, 15) is 18.0 Å². The van der Waals surface area contributed by atoms with Gasteiger partial charge in [-0.25, -0.2) is 9.78 Å². The van der Waals surface area contributed by atoms with Gasteiger partial charge in [0, 0.05) is 49.2 Å². The van der Waals surface area contributed by atoms with E-state index in [0.717, 1.165) is 17.5 Å². The zero-order chi connectivity index (χ0) is 20.3. The van der Waals surface area contributed by atoms with Crippen molar-refractivity contribution < 1.29 is 18.0 Å². The van der Waals surface area contributed by atoms with Gasteiger partial charge in [-0.1, -0.05) is 32.1 Å². The first-order chi connectivity index (χ1) is 13.2. The number of halogens is 3. The molecule has 0 unspecified atom stereocenters. The summed E-state index contributed by atoms with van der Waals surface area (Å²) in [4.78, 5) is 18.1. The zero-order valence-electron chi connectivity index (χ0n) is 15.8. The lowest BCUT2D eigenvalue weighted by Crippen LogP contribution is -2.39. The monoisotopic (exact) mass is 392 g/mol. The van der Waals surface area contributed by atoms with E-state index >= 15 is 0 Å². The lowest BCUT2D eigenvalue weighted by atomic mass is 10.1. The van der Waals surface area contributed by atoms with E-state index in [2.05, 4.69) is 28.7 Å². The van der Waals surface area contributed by atoms with Crippen LogP contribution in [0.2, 0.25) is 0 Å². The van der Waals surface area contributed by atoms with E-state index in [1.54, 1.807) is 12.3 Å². The first-order valence-electron chi connectivity index (χ1n) is 9.16. The number of carbonyl (C=O) groups is 1. The molecule has 0 radical (unpaired) electrons. The molecule has 5 nitrogen and oxygen atoms in total. The molecule has 0 aliphatic carbocycles. The molecule has 1 N–H and O–H groups in total. The maximum absolute atomic E-state index is 12.7.